The Bertz CT molecular complexity index is 2050. The van der Waals surface area contributed by atoms with Gasteiger partial charge in [-0.25, -0.2) is 0 Å². The van der Waals surface area contributed by atoms with Crippen molar-refractivity contribution < 1.29 is 4.42 Å². The summed E-state index contributed by atoms with van der Waals surface area (Å²) in [6.07, 6.45) is 0. The summed E-state index contributed by atoms with van der Waals surface area (Å²) >= 11 is 0. The first-order valence-corrected chi connectivity index (χ1v) is 13.5. The van der Waals surface area contributed by atoms with Gasteiger partial charge < -0.3 is 9.73 Å². The molecule has 1 heterocycles. The van der Waals surface area contributed by atoms with Crippen LogP contribution in [0.5, 0.6) is 0 Å². The number of hydrogen-bond donors (Lipinski definition) is 1. The number of hydrogen-bond acceptors (Lipinski definition) is 2. The van der Waals surface area contributed by atoms with Crippen LogP contribution in [0.3, 0.4) is 0 Å². The zero-order valence-electron chi connectivity index (χ0n) is 21.1. The molecular formula is C37H23NO. The van der Waals surface area contributed by atoms with Crippen LogP contribution < -0.4 is 5.32 Å². The summed E-state index contributed by atoms with van der Waals surface area (Å²) in [6, 6.07) is 48.1. The lowest BCUT2D eigenvalue weighted by Gasteiger charge is -2.32. The second-order valence-corrected chi connectivity index (χ2v) is 10.5. The summed E-state index contributed by atoms with van der Waals surface area (Å²) in [5.41, 5.74) is 14.1. The van der Waals surface area contributed by atoms with Gasteiger partial charge in [0.15, 0.2) is 0 Å². The van der Waals surface area contributed by atoms with Gasteiger partial charge in [0.1, 0.15) is 11.2 Å². The molecule has 0 amide bonds. The molecule has 0 saturated heterocycles. The molecule has 0 atom stereocenters. The number of furan rings is 1. The Morgan fingerprint density at radius 1 is 0.436 bits per heavy atom. The van der Waals surface area contributed by atoms with Crippen molar-refractivity contribution in [1.82, 2.24) is 0 Å². The van der Waals surface area contributed by atoms with E-state index in [1.54, 1.807) is 0 Å². The Labute approximate surface area is 226 Å². The van der Waals surface area contributed by atoms with Gasteiger partial charge in [0.25, 0.3) is 0 Å². The number of fused-ring (bicyclic) bond motifs is 13. The molecule has 2 aliphatic rings. The lowest BCUT2D eigenvalue weighted by molar-refractivity contribution is 0.669. The van der Waals surface area contributed by atoms with Crippen LogP contribution in [0.15, 0.2) is 138 Å². The highest BCUT2D eigenvalue weighted by Crippen LogP contribution is 2.64. The normalized spacial score (nSPS) is 13.8. The van der Waals surface area contributed by atoms with E-state index >= 15 is 0 Å². The molecule has 182 valence electrons. The third-order valence-corrected chi connectivity index (χ3v) is 8.68. The van der Waals surface area contributed by atoms with E-state index in [2.05, 4.69) is 127 Å². The van der Waals surface area contributed by atoms with Crippen LogP contribution in [0.4, 0.5) is 11.4 Å². The largest absolute Gasteiger partial charge is 0.456 e. The maximum absolute atomic E-state index is 6.22. The van der Waals surface area contributed by atoms with E-state index in [4.69, 9.17) is 4.42 Å². The van der Waals surface area contributed by atoms with Crippen LogP contribution in [-0.2, 0) is 5.41 Å². The second-order valence-electron chi connectivity index (χ2n) is 10.5. The molecule has 2 nitrogen and oxygen atoms in total. The van der Waals surface area contributed by atoms with Crippen molar-refractivity contribution in [2.75, 3.05) is 5.32 Å². The minimum atomic E-state index is -0.394. The van der Waals surface area contributed by atoms with Gasteiger partial charge in [0.2, 0.25) is 0 Å². The van der Waals surface area contributed by atoms with Crippen molar-refractivity contribution in [2.45, 2.75) is 5.41 Å². The molecule has 6 aromatic carbocycles. The van der Waals surface area contributed by atoms with Gasteiger partial charge >= 0.3 is 0 Å². The molecular weight excluding hydrogens is 474 g/mol. The molecule has 0 unspecified atom stereocenters. The maximum atomic E-state index is 6.22. The minimum Gasteiger partial charge on any atom is -0.456 e. The number of rotatable bonds is 2. The van der Waals surface area contributed by atoms with Crippen molar-refractivity contribution >= 4 is 33.3 Å². The molecule has 1 aromatic heterocycles. The predicted octanol–water partition coefficient (Wildman–Crippen LogP) is 9.67. The van der Waals surface area contributed by atoms with E-state index in [0.717, 1.165) is 33.3 Å². The van der Waals surface area contributed by atoms with E-state index in [1.807, 2.05) is 12.1 Å². The topological polar surface area (TPSA) is 25.2 Å². The highest BCUT2D eigenvalue weighted by Gasteiger charge is 2.52. The van der Waals surface area contributed by atoms with Gasteiger partial charge in [0, 0.05) is 16.6 Å². The zero-order chi connectivity index (χ0) is 25.6. The summed E-state index contributed by atoms with van der Waals surface area (Å²) in [6.45, 7) is 0. The Morgan fingerprint density at radius 2 is 0.949 bits per heavy atom. The minimum absolute atomic E-state index is 0.394. The van der Waals surface area contributed by atoms with Gasteiger partial charge in [-0.15, -0.1) is 0 Å². The number of anilines is 2. The van der Waals surface area contributed by atoms with Crippen LogP contribution in [0.2, 0.25) is 0 Å². The highest BCUT2D eigenvalue weighted by atomic mass is 16.3. The highest BCUT2D eigenvalue weighted by molar-refractivity contribution is 6.12. The van der Waals surface area contributed by atoms with Crippen molar-refractivity contribution in [3.8, 4) is 22.3 Å². The third kappa shape index (κ3) is 2.56. The molecule has 0 aliphatic heterocycles. The monoisotopic (exact) mass is 497 g/mol. The molecule has 0 bridgehead atoms. The summed E-state index contributed by atoms with van der Waals surface area (Å²) in [5.74, 6) is 0. The summed E-state index contributed by atoms with van der Waals surface area (Å²) in [4.78, 5) is 0. The molecule has 2 heteroatoms. The summed E-state index contributed by atoms with van der Waals surface area (Å²) < 4.78 is 6.22. The number of benzene rings is 6. The van der Waals surface area contributed by atoms with Crippen LogP contribution >= 0.6 is 0 Å². The Hall–Kier alpha value is -5.08. The van der Waals surface area contributed by atoms with E-state index in [1.165, 1.54) is 44.5 Å². The summed E-state index contributed by atoms with van der Waals surface area (Å²) in [7, 11) is 0. The molecule has 39 heavy (non-hydrogen) atoms. The van der Waals surface area contributed by atoms with E-state index in [0.29, 0.717) is 0 Å². The second kappa shape index (κ2) is 7.49. The van der Waals surface area contributed by atoms with Gasteiger partial charge in [-0.2, -0.15) is 0 Å². The fourth-order valence-electron chi connectivity index (χ4n) is 7.28. The molecule has 0 saturated carbocycles. The fraction of sp³-hybridized carbons (Fsp3) is 0.0270. The quantitative estimate of drug-likeness (QED) is 0.257. The van der Waals surface area contributed by atoms with Gasteiger partial charge in [0.05, 0.1) is 16.5 Å². The van der Waals surface area contributed by atoms with Gasteiger partial charge in [-0.1, -0.05) is 109 Å². The number of para-hydroxylation sites is 1. The fourth-order valence-corrected chi connectivity index (χ4v) is 7.28. The molecule has 9 rings (SSSR count). The zero-order valence-corrected chi connectivity index (χ0v) is 21.1. The molecule has 7 aromatic rings. The lowest BCUT2D eigenvalue weighted by atomic mass is 9.70. The summed E-state index contributed by atoms with van der Waals surface area (Å²) in [5, 5.41) is 6.15. The SMILES string of the molecule is c1ccc2c(c1)-c1ccccc1C21c2ccccc2-c2cccc(Nc3cccc4oc5ccccc5c34)c21. The maximum Gasteiger partial charge on any atom is 0.137 e. The van der Waals surface area contributed by atoms with Crippen LogP contribution in [0.1, 0.15) is 22.3 Å². The first-order chi connectivity index (χ1) is 19.4. The molecule has 1 N–H and O–H groups in total. The van der Waals surface area contributed by atoms with E-state index in [9.17, 15) is 0 Å². The van der Waals surface area contributed by atoms with Gasteiger partial charge in [-0.05, 0) is 63.2 Å². The molecule has 0 fully saturated rings. The molecule has 1 spiro atoms. The van der Waals surface area contributed by atoms with E-state index in [-0.39, 0.29) is 0 Å². The van der Waals surface area contributed by atoms with Crippen LogP contribution in [0.25, 0.3) is 44.2 Å². The Morgan fingerprint density at radius 3 is 1.67 bits per heavy atom. The van der Waals surface area contributed by atoms with Crippen molar-refractivity contribution in [2.24, 2.45) is 0 Å². The van der Waals surface area contributed by atoms with Crippen LogP contribution in [-0.4, -0.2) is 0 Å². The van der Waals surface area contributed by atoms with Crippen molar-refractivity contribution in [1.29, 1.82) is 0 Å². The number of nitrogens with one attached hydrogen (secondary N) is 1. The van der Waals surface area contributed by atoms with Crippen molar-refractivity contribution in [3.05, 3.63) is 156 Å². The smallest absolute Gasteiger partial charge is 0.137 e. The first kappa shape index (κ1) is 20.9. The third-order valence-electron chi connectivity index (χ3n) is 8.68. The average Bonchev–Trinajstić information content (AvgIpc) is 3.62. The van der Waals surface area contributed by atoms with Gasteiger partial charge in [-0.3, -0.25) is 0 Å². The molecule has 0 radical (unpaired) electrons. The predicted molar refractivity (Wildman–Crippen MR) is 160 cm³/mol. The van der Waals surface area contributed by atoms with E-state index < -0.39 is 5.41 Å². The Balaban J connectivity index is 1.37. The first-order valence-electron chi connectivity index (χ1n) is 13.5. The average molecular weight is 498 g/mol. The van der Waals surface area contributed by atoms with Crippen LogP contribution in [0, 0.1) is 0 Å². The lowest BCUT2D eigenvalue weighted by Crippen LogP contribution is -2.26. The standard InChI is InChI=1S/C37H23NO/c1-5-16-28-23(11-1)24-12-2-6-17-29(24)37(28)30-18-7-3-13-25(30)26-15-9-20-32(36(26)37)38-31-19-10-22-34-35(31)27-14-4-8-21-33(27)39-34/h1-22,38H. The molecule has 2 aliphatic carbocycles. The Kier molecular flexibility index (Phi) is 4.02. The van der Waals surface area contributed by atoms with Crippen molar-refractivity contribution in [3.63, 3.8) is 0 Å².